The van der Waals surface area contributed by atoms with E-state index in [1.807, 2.05) is 6.92 Å². The third-order valence-electron chi connectivity index (χ3n) is 3.80. The second-order valence-electron chi connectivity index (χ2n) is 5.88. The van der Waals surface area contributed by atoms with Crippen molar-refractivity contribution in [1.29, 1.82) is 0 Å². The molecule has 1 heterocycles. The zero-order valence-corrected chi connectivity index (χ0v) is 16.1. The highest BCUT2D eigenvalue weighted by molar-refractivity contribution is 7.89. The average molecular weight is 377 g/mol. The fraction of sp³-hybridized carbons (Fsp3) is 0.333. The van der Waals surface area contributed by atoms with Gasteiger partial charge < -0.3 is 10.1 Å². The standard InChI is InChI=1S/C18H23N3O4S/c1-5-25-18(22)15-8-11-17(19-12-15)20-13(2)14-6-9-16(10-7-14)26(23,24)21(3)4/h6-13H,5H2,1-4H3,(H,19,20)/t13-/m1/s1. The van der Waals surface area contributed by atoms with Crippen LogP contribution < -0.4 is 5.32 Å². The van der Waals surface area contributed by atoms with Crippen LogP contribution in [0, 0.1) is 0 Å². The first-order chi connectivity index (χ1) is 12.3. The summed E-state index contributed by atoms with van der Waals surface area (Å²) in [6, 6.07) is 9.95. The molecule has 26 heavy (non-hydrogen) atoms. The molecule has 0 spiro atoms. The van der Waals surface area contributed by atoms with Crippen LogP contribution >= 0.6 is 0 Å². The zero-order chi connectivity index (χ0) is 19.3. The molecule has 0 amide bonds. The lowest BCUT2D eigenvalue weighted by atomic mass is 10.1. The number of sulfonamides is 1. The molecule has 0 bridgehead atoms. The summed E-state index contributed by atoms with van der Waals surface area (Å²) in [7, 11) is -0.441. The van der Waals surface area contributed by atoms with Gasteiger partial charge in [-0.1, -0.05) is 12.1 Å². The van der Waals surface area contributed by atoms with E-state index in [9.17, 15) is 13.2 Å². The van der Waals surface area contributed by atoms with Gasteiger partial charge in [0.05, 0.1) is 17.1 Å². The lowest BCUT2D eigenvalue weighted by molar-refractivity contribution is 0.0526. The van der Waals surface area contributed by atoms with Gasteiger partial charge in [0.1, 0.15) is 5.82 Å². The summed E-state index contributed by atoms with van der Waals surface area (Å²) in [5, 5.41) is 3.21. The van der Waals surface area contributed by atoms with E-state index in [1.165, 1.54) is 24.6 Å². The number of nitrogens with zero attached hydrogens (tertiary/aromatic N) is 2. The molecule has 140 valence electrons. The Hall–Kier alpha value is -2.45. The molecule has 1 aromatic carbocycles. The second-order valence-corrected chi connectivity index (χ2v) is 8.03. The fourth-order valence-corrected chi connectivity index (χ4v) is 3.16. The first-order valence-corrected chi connectivity index (χ1v) is 9.62. The summed E-state index contributed by atoms with van der Waals surface area (Å²) in [6.07, 6.45) is 1.46. The molecule has 1 N–H and O–H groups in total. The van der Waals surface area contributed by atoms with Crippen LogP contribution in [0.25, 0.3) is 0 Å². The largest absolute Gasteiger partial charge is 0.462 e. The Bertz CT molecular complexity index is 847. The normalized spacial score (nSPS) is 12.7. The smallest absolute Gasteiger partial charge is 0.339 e. The molecule has 0 saturated carbocycles. The Morgan fingerprint density at radius 2 is 1.85 bits per heavy atom. The molecule has 1 aromatic heterocycles. The molecule has 0 fully saturated rings. The van der Waals surface area contributed by atoms with Gasteiger partial charge in [-0.05, 0) is 43.7 Å². The monoisotopic (exact) mass is 377 g/mol. The Morgan fingerprint density at radius 3 is 2.35 bits per heavy atom. The quantitative estimate of drug-likeness (QED) is 0.747. The Balaban J connectivity index is 2.08. The van der Waals surface area contributed by atoms with E-state index in [2.05, 4.69) is 10.3 Å². The minimum atomic E-state index is -3.44. The summed E-state index contributed by atoms with van der Waals surface area (Å²) in [5.74, 6) is 0.202. The van der Waals surface area contributed by atoms with Crippen LogP contribution in [0.4, 0.5) is 5.82 Å². The van der Waals surface area contributed by atoms with E-state index in [-0.39, 0.29) is 10.9 Å². The number of ether oxygens (including phenoxy) is 1. The van der Waals surface area contributed by atoms with Crippen molar-refractivity contribution < 1.29 is 17.9 Å². The van der Waals surface area contributed by atoms with Gasteiger partial charge in [0.15, 0.2) is 0 Å². The number of hydrogen-bond donors (Lipinski definition) is 1. The third-order valence-corrected chi connectivity index (χ3v) is 5.63. The van der Waals surface area contributed by atoms with Crippen LogP contribution in [0.15, 0.2) is 47.5 Å². The lowest BCUT2D eigenvalue weighted by Crippen LogP contribution is -2.22. The maximum atomic E-state index is 12.1. The molecule has 8 heteroatoms. The minimum absolute atomic E-state index is 0.0907. The van der Waals surface area contributed by atoms with Crippen molar-refractivity contribution in [3.8, 4) is 0 Å². The molecule has 1 atom stereocenters. The topological polar surface area (TPSA) is 88.6 Å². The van der Waals surface area contributed by atoms with Gasteiger partial charge in [0.2, 0.25) is 10.0 Å². The Labute approximate surface area is 154 Å². The van der Waals surface area contributed by atoms with Crippen LogP contribution in [-0.4, -0.2) is 44.4 Å². The van der Waals surface area contributed by atoms with Gasteiger partial charge in [-0.15, -0.1) is 0 Å². The van der Waals surface area contributed by atoms with Crippen molar-refractivity contribution in [2.24, 2.45) is 0 Å². The number of pyridine rings is 1. The molecule has 0 radical (unpaired) electrons. The molecule has 0 aliphatic carbocycles. The molecular weight excluding hydrogens is 354 g/mol. The number of esters is 1. The SMILES string of the molecule is CCOC(=O)c1ccc(N[C@H](C)c2ccc(S(=O)(=O)N(C)C)cc2)nc1. The average Bonchev–Trinajstić information content (AvgIpc) is 2.62. The van der Waals surface area contributed by atoms with Crippen LogP contribution in [0.3, 0.4) is 0 Å². The van der Waals surface area contributed by atoms with Gasteiger partial charge in [-0.25, -0.2) is 22.5 Å². The van der Waals surface area contributed by atoms with Crippen LogP contribution in [-0.2, 0) is 14.8 Å². The number of carbonyl (C=O) groups is 1. The van der Waals surface area contributed by atoms with Crippen molar-refractivity contribution in [2.75, 3.05) is 26.0 Å². The number of carbonyl (C=O) groups excluding carboxylic acids is 1. The Kier molecular flexibility index (Phi) is 6.33. The van der Waals surface area contributed by atoms with E-state index in [4.69, 9.17) is 4.74 Å². The maximum absolute atomic E-state index is 12.1. The van der Waals surface area contributed by atoms with E-state index in [0.717, 1.165) is 5.56 Å². The summed E-state index contributed by atoms with van der Waals surface area (Å²) in [4.78, 5) is 16.1. The molecule has 0 unspecified atom stereocenters. The number of aromatic nitrogens is 1. The number of nitrogens with one attached hydrogen (secondary N) is 1. The summed E-state index contributed by atoms with van der Waals surface area (Å²) in [6.45, 7) is 4.00. The molecule has 0 aliphatic heterocycles. The molecule has 0 aliphatic rings. The van der Waals surface area contributed by atoms with Crippen LogP contribution in [0.2, 0.25) is 0 Å². The van der Waals surface area contributed by atoms with Crippen LogP contribution in [0.5, 0.6) is 0 Å². The molecular formula is C18H23N3O4S. The maximum Gasteiger partial charge on any atom is 0.339 e. The molecule has 2 rings (SSSR count). The highest BCUT2D eigenvalue weighted by atomic mass is 32.2. The lowest BCUT2D eigenvalue weighted by Gasteiger charge is -2.16. The van der Waals surface area contributed by atoms with E-state index in [0.29, 0.717) is 18.0 Å². The van der Waals surface area contributed by atoms with Crippen molar-refractivity contribution >= 4 is 21.8 Å². The fourth-order valence-electron chi connectivity index (χ4n) is 2.26. The molecule has 7 nitrogen and oxygen atoms in total. The van der Waals surface area contributed by atoms with Crippen molar-refractivity contribution in [3.63, 3.8) is 0 Å². The third kappa shape index (κ3) is 4.59. The van der Waals surface area contributed by atoms with E-state index < -0.39 is 16.0 Å². The summed E-state index contributed by atoms with van der Waals surface area (Å²) >= 11 is 0. The van der Waals surface area contributed by atoms with E-state index >= 15 is 0 Å². The van der Waals surface area contributed by atoms with Gasteiger partial charge in [-0.2, -0.15) is 0 Å². The van der Waals surface area contributed by atoms with Gasteiger partial charge in [0, 0.05) is 26.3 Å². The number of anilines is 1. The summed E-state index contributed by atoms with van der Waals surface area (Å²) < 4.78 is 30.3. The number of hydrogen-bond acceptors (Lipinski definition) is 6. The number of benzene rings is 1. The molecule has 2 aromatic rings. The van der Waals surface area contributed by atoms with Gasteiger partial charge in [-0.3, -0.25) is 0 Å². The van der Waals surface area contributed by atoms with Crippen molar-refractivity contribution in [2.45, 2.75) is 24.8 Å². The summed E-state index contributed by atoms with van der Waals surface area (Å²) in [5.41, 5.74) is 1.31. The highest BCUT2D eigenvalue weighted by Crippen LogP contribution is 2.21. The van der Waals surface area contributed by atoms with Gasteiger partial charge in [0.25, 0.3) is 0 Å². The highest BCUT2D eigenvalue weighted by Gasteiger charge is 2.17. The van der Waals surface area contributed by atoms with Crippen molar-refractivity contribution in [1.82, 2.24) is 9.29 Å². The number of rotatable bonds is 7. The Morgan fingerprint density at radius 1 is 1.19 bits per heavy atom. The molecule has 0 saturated heterocycles. The van der Waals surface area contributed by atoms with Gasteiger partial charge >= 0.3 is 5.97 Å². The zero-order valence-electron chi connectivity index (χ0n) is 15.3. The predicted molar refractivity (Wildman–Crippen MR) is 99.5 cm³/mol. The van der Waals surface area contributed by atoms with Crippen LogP contribution in [0.1, 0.15) is 35.8 Å². The minimum Gasteiger partial charge on any atom is -0.462 e. The second kappa shape index (κ2) is 8.29. The van der Waals surface area contributed by atoms with E-state index in [1.54, 1.807) is 43.3 Å². The van der Waals surface area contributed by atoms with Crippen molar-refractivity contribution in [3.05, 3.63) is 53.7 Å². The predicted octanol–water partition coefficient (Wildman–Crippen LogP) is 2.68. The first-order valence-electron chi connectivity index (χ1n) is 8.18. The first kappa shape index (κ1) is 19.9.